The maximum Gasteiger partial charge on any atom is 0.120 e. The molecule has 4 aliphatic rings. The maximum absolute atomic E-state index is 10.9. The van der Waals surface area contributed by atoms with E-state index in [2.05, 4.69) is 33.8 Å². The van der Waals surface area contributed by atoms with Crippen LogP contribution in [0, 0.1) is 40.4 Å². The molecule has 0 amide bonds. The van der Waals surface area contributed by atoms with E-state index in [-0.39, 0.29) is 0 Å². The van der Waals surface area contributed by atoms with Crippen molar-refractivity contribution in [3.05, 3.63) is 11.6 Å². The fourth-order valence-electron chi connectivity index (χ4n) is 8.52. The van der Waals surface area contributed by atoms with Crippen molar-refractivity contribution >= 4 is 6.29 Å². The molecule has 0 bridgehead atoms. The molecule has 2 unspecified atom stereocenters. The maximum atomic E-state index is 10.9. The third-order valence-corrected chi connectivity index (χ3v) is 10.4. The standard InChI is InChI=1S/C26H42O2/c1-5-26(28)15-14-24(3)19(17-26)8-9-20-22-11-10-21(18(2)7-6-16-27)25(22,4)13-12-23(20)24/h8,16,18,20-23,28H,5-7,9-15,17H2,1-4H3/t18-,20?,21-,22+,23+,24?,25-,26+/m1/s1. The first-order valence-corrected chi connectivity index (χ1v) is 12.1. The van der Waals surface area contributed by atoms with Crippen LogP contribution >= 0.6 is 0 Å². The molecular formula is C26H42O2. The highest BCUT2D eigenvalue weighted by Gasteiger charge is 2.59. The first-order chi connectivity index (χ1) is 13.3. The Balaban J connectivity index is 1.56. The minimum Gasteiger partial charge on any atom is -0.390 e. The Kier molecular flexibility index (Phi) is 5.35. The van der Waals surface area contributed by atoms with E-state index in [4.69, 9.17) is 0 Å². The van der Waals surface area contributed by atoms with Gasteiger partial charge >= 0.3 is 0 Å². The number of aliphatic hydroxyl groups is 1. The Hall–Kier alpha value is -0.630. The lowest BCUT2D eigenvalue weighted by molar-refractivity contribution is -0.108. The number of aldehydes is 1. The molecule has 8 atom stereocenters. The molecule has 4 aliphatic carbocycles. The Morgan fingerprint density at radius 3 is 2.68 bits per heavy atom. The fourth-order valence-corrected chi connectivity index (χ4v) is 8.52. The van der Waals surface area contributed by atoms with E-state index in [1.165, 1.54) is 38.5 Å². The number of hydrogen-bond acceptors (Lipinski definition) is 2. The van der Waals surface area contributed by atoms with Gasteiger partial charge in [0.05, 0.1) is 5.60 Å². The molecular weight excluding hydrogens is 344 g/mol. The molecule has 3 saturated carbocycles. The van der Waals surface area contributed by atoms with Crippen LogP contribution in [0.1, 0.15) is 98.3 Å². The molecule has 0 aromatic carbocycles. The van der Waals surface area contributed by atoms with Crippen molar-refractivity contribution in [1.82, 2.24) is 0 Å². The summed E-state index contributed by atoms with van der Waals surface area (Å²) in [6, 6.07) is 0. The Morgan fingerprint density at radius 2 is 1.96 bits per heavy atom. The van der Waals surface area contributed by atoms with E-state index >= 15 is 0 Å². The summed E-state index contributed by atoms with van der Waals surface area (Å²) in [6.45, 7) is 9.68. The van der Waals surface area contributed by atoms with Crippen LogP contribution < -0.4 is 0 Å². The molecule has 0 aromatic rings. The van der Waals surface area contributed by atoms with E-state index in [0.717, 1.165) is 62.1 Å². The number of allylic oxidation sites excluding steroid dienone is 1. The van der Waals surface area contributed by atoms with Crippen LogP contribution in [0.25, 0.3) is 0 Å². The second kappa shape index (κ2) is 7.25. The summed E-state index contributed by atoms with van der Waals surface area (Å²) in [7, 11) is 0. The molecule has 0 spiro atoms. The Labute approximate surface area is 172 Å². The largest absolute Gasteiger partial charge is 0.390 e. The van der Waals surface area contributed by atoms with Gasteiger partial charge in [0, 0.05) is 6.42 Å². The predicted molar refractivity (Wildman–Crippen MR) is 115 cm³/mol. The third-order valence-electron chi connectivity index (χ3n) is 10.4. The van der Waals surface area contributed by atoms with Gasteiger partial charge in [-0.2, -0.15) is 0 Å². The van der Waals surface area contributed by atoms with Crippen LogP contribution in [0.4, 0.5) is 0 Å². The topological polar surface area (TPSA) is 37.3 Å². The van der Waals surface area contributed by atoms with Crippen molar-refractivity contribution in [2.75, 3.05) is 0 Å². The number of carbonyl (C=O) groups is 1. The van der Waals surface area contributed by atoms with Crippen molar-refractivity contribution in [3.63, 3.8) is 0 Å². The van der Waals surface area contributed by atoms with Gasteiger partial charge in [0.2, 0.25) is 0 Å². The van der Waals surface area contributed by atoms with Crippen molar-refractivity contribution in [2.45, 2.75) is 104 Å². The SMILES string of the molecule is CC[C@]1(O)CCC2(C)C(=CCC3[C@@H]2CC[C@]2(C)[C@@H]([C@H](C)CCC=O)CC[C@@H]32)C1. The molecule has 158 valence electrons. The lowest BCUT2D eigenvalue weighted by Crippen LogP contribution is -2.52. The van der Waals surface area contributed by atoms with Gasteiger partial charge in [-0.1, -0.05) is 39.3 Å². The van der Waals surface area contributed by atoms with Gasteiger partial charge < -0.3 is 9.90 Å². The lowest BCUT2D eigenvalue weighted by Gasteiger charge is -2.59. The molecule has 3 fully saturated rings. The second-order valence-corrected chi connectivity index (χ2v) is 11.5. The normalized spacial score (nSPS) is 48.8. The van der Waals surface area contributed by atoms with Gasteiger partial charge in [0.1, 0.15) is 6.29 Å². The van der Waals surface area contributed by atoms with E-state index in [0.29, 0.717) is 16.7 Å². The highest BCUT2D eigenvalue weighted by molar-refractivity contribution is 5.49. The van der Waals surface area contributed by atoms with Gasteiger partial charge in [0.15, 0.2) is 0 Å². The quantitative estimate of drug-likeness (QED) is 0.443. The van der Waals surface area contributed by atoms with Gasteiger partial charge in [-0.05, 0) is 105 Å². The zero-order valence-corrected chi connectivity index (χ0v) is 18.7. The lowest BCUT2D eigenvalue weighted by atomic mass is 9.46. The molecule has 2 heteroatoms. The molecule has 0 saturated heterocycles. The molecule has 1 N–H and O–H groups in total. The summed E-state index contributed by atoms with van der Waals surface area (Å²) >= 11 is 0. The van der Waals surface area contributed by atoms with Gasteiger partial charge in [-0.3, -0.25) is 0 Å². The minimum absolute atomic E-state index is 0.326. The summed E-state index contributed by atoms with van der Waals surface area (Å²) in [6.07, 6.45) is 16.2. The number of hydrogen-bond donors (Lipinski definition) is 1. The first-order valence-electron chi connectivity index (χ1n) is 12.1. The number of fused-ring (bicyclic) bond motifs is 5. The Bertz CT molecular complexity index is 638. The van der Waals surface area contributed by atoms with Crippen molar-refractivity contribution in [3.8, 4) is 0 Å². The molecule has 0 radical (unpaired) electrons. The van der Waals surface area contributed by atoms with Crippen LogP contribution in [0.15, 0.2) is 11.6 Å². The van der Waals surface area contributed by atoms with Crippen LogP contribution in [0.5, 0.6) is 0 Å². The molecule has 0 heterocycles. The molecule has 28 heavy (non-hydrogen) atoms. The van der Waals surface area contributed by atoms with E-state index in [1.54, 1.807) is 5.57 Å². The summed E-state index contributed by atoms with van der Waals surface area (Å²) < 4.78 is 0. The monoisotopic (exact) mass is 386 g/mol. The summed E-state index contributed by atoms with van der Waals surface area (Å²) in [5.74, 6) is 3.99. The number of rotatable bonds is 5. The van der Waals surface area contributed by atoms with Crippen LogP contribution in [-0.4, -0.2) is 17.0 Å². The highest BCUT2D eigenvalue weighted by Crippen LogP contribution is 2.67. The van der Waals surface area contributed by atoms with Gasteiger partial charge in [-0.25, -0.2) is 0 Å². The van der Waals surface area contributed by atoms with E-state index < -0.39 is 5.60 Å². The Morgan fingerprint density at radius 1 is 1.18 bits per heavy atom. The van der Waals surface area contributed by atoms with Gasteiger partial charge in [0.25, 0.3) is 0 Å². The second-order valence-electron chi connectivity index (χ2n) is 11.5. The average molecular weight is 387 g/mol. The van der Waals surface area contributed by atoms with Crippen molar-refractivity contribution in [2.24, 2.45) is 40.4 Å². The van der Waals surface area contributed by atoms with Gasteiger partial charge in [-0.15, -0.1) is 0 Å². The zero-order chi connectivity index (χ0) is 20.2. The highest BCUT2D eigenvalue weighted by atomic mass is 16.3. The minimum atomic E-state index is -0.451. The van der Waals surface area contributed by atoms with Crippen molar-refractivity contribution in [1.29, 1.82) is 0 Å². The van der Waals surface area contributed by atoms with Crippen molar-refractivity contribution < 1.29 is 9.90 Å². The van der Waals surface area contributed by atoms with E-state index in [1.807, 2.05) is 0 Å². The van der Waals surface area contributed by atoms with Crippen LogP contribution in [-0.2, 0) is 4.79 Å². The molecule has 2 nitrogen and oxygen atoms in total. The summed E-state index contributed by atoms with van der Waals surface area (Å²) in [5.41, 5.74) is 1.94. The molecule has 0 aromatic heterocycles. The first kappa shape index (κ1) is 20.6. The molecule has 0 aliphatic heterocycles. The predicted octanol–water partition coefficient (Wildman–Crippen LogP) is 6.32. The number of carbonyl (C=O) groups excluding carboxylic acids is 1. The van der Waals surface area contributed by atoms with Crippen LogP contribution in [0.3, 0.4) is 0 Å². The average Bonchev–Trinajstić information content (AvgIpc) is 3.04. The summed E-state index contributed by atoms with van der Waals surface area (Å²) in [4.78, 5) is 10.9. The molecule has 4 rings (SSSR count). The summed E-state index contributed by atoms with van der Waals surface area (Å²) in [5, 5.41) is 10.9. The smallest absolute Gasteiger partial charge is 0.120 e. The third kappa shape index (κ3) is 3.04. The zero-order valence-electron chi connectivity index (χ0n) is 18.7. The fraction of sp³-hybridized carbons (Fsp3) is 0.885. The van der Waals surface area contributed by atoms with Crippen LogP contribution in [0.2, 0.25) is 0 Å². The van der Waals surface area contributed by atoms with E-state index in [9.17, 15) is 9.90 Å².